The third kappa shape index (κ3) is 5.32. The van der Waals surface area contributed by atoms with Crippen molar-refractivity contribution >= 4 is 28.5 Å². The molecule has 166 valence electrons. The maximum Gasteiger partial charge on any atom is 0.253 e. The number of benzene rings is 3. The Morgan fingerprint density at radius 2 is 1.41 bits per heavy atom. The van der Waals surface area contributed by atoms with Crippen molar-refractivity contribution in [1.29, 1.82) is 0 Å². The number of nitrogens with zero attached hydrogens (tertiary/aromatic N) is 1. The second kappa shape index (κ2) is 9.64. The van der Waals surface area contributed by atoms with Gasteiger partial charge in [0, 0.05) is 25.2 Å². The van der Waals surface area contributed by atoms with Gasteiger partial charge in [-0.05, 0) is 64.6 Å². The first kappa shape index (κ1) is 23.0. The van der Waals surface area contributed by atoms with Gasteiger partial charge in [-0.25, -0.2) is 0 Å². The third-order valence-corrected chi connectivity index (χ3v) is 5.33. The standard InChI is InChI=1S/C26H29N3O3/c1-16(2)13-23(24(27)30)28-25(31)22-12-11-20-14-19(9-10-21(20)15-22)17-5-7-18(8-6-17)26(32)29(3)4/h5-12,14-16,23H,13H2,1-4H3,(H2,27,30)(H,28,31)/t23-/m1/s1. The Kier molecular flexibility index (Phi) is 6.93. The first-order chi connectivity index (χ1) is 15.2. The molecule has 0 unspecified atom stereocenters. The number of hydrogen-bond donors (Lipinski definition) is 2. The highest BCUT2D eigenvalue weighted by Crippen LogP contribution is 2.26. The fourth-order valence-corrected chi connectivity index (χ4v) is 3.59. The van der Waals surface area contributed by atoms with Crippen LogP contribution in [0.2, 0.25) is 0 Å². The lowest BCUT2D eigenvalue weighted by atomic mass is 9.98. The van der Waals surface area contributed by atoms with Crippen molar-refractivity contribution in [3.63, 3.8) is 0 Å². The number of amides is 3. The van der Waals surface area contributed by atoms with Gasteiger partial charge in [0.2, 0.25) is 5.91 Å². The monoisotopic (exact) mass is 431 g/mol. The number of carbonyl (C=O) groups is 3. The van der Waals surface area contributed by atoms with Gasteiger partial charge < -0.3 is 16.0 Å². The Bertz CT molecular complexity index is 1150. The molecular weight excluding hydrogens is 402 g/mol. The molecule has 0 heterocycles. The van der Waals surface area contributed by atoms with Gasteiger partial charge in [-0.3, -0.25) is 14.4 Å². The van der Waals surface area contributed by atoms with Crippen LogP contribution in [-0.2, 0) is 4.79 Å². The highest BCUT2D eigenvalue weighted by molar-refractivity contribution is 6.01. The van der Waals surface area contributed by atoms with E-state index in [-0.39, 0.29) is 17.7 Å². The Morgan fingerprint density at radius 1 is 0.844 bits per heavy atom. The van der Waals surface area contributed by atoms with Gasteiger partial charge in [-0.15, -0.1) is 0 Å². The van der Waals surface area contributed by atoms with Gasteiger partial charge in [-0.2, -0.15) is 0 Å². The average Bonchev–Trinajstić information content (AvgIpc) is 2.77. The molecule has 6 nitrogen and oxygen atoms in total. The van der Waals surface area contributed by atoms with Crippen LogP contribution in [0.3, 0.4) is 0 Å². The van der Waals surface area contributed by atoms with Crippen molar-refractivity contribution in [2.24, 2.45) is 11.7 Å². The van der Waals surface area contributed by atoms with E-state index in [4.69, 9.17) is 5.73 Å². The predicted molar refractivity (Wildman–Crippen MR) is 127 cm³/mol. The van der Waals surface area contributed by atoms with Gasteiger partial charge in [0.1, 0.15) is 6.04 Å². The smallest absolute Gasteiger partial charge is 0.253 e. The molecule has 0 aliphatic carbocycles. The zero-order valence-corrected chi connectivity index (χ0v) is 18.9. The van der Waals surface area contributed by atoms with E-state index >= 15 is 0 Å². The van der Waals surface area contributed by atoms with Gasteiger partial charge in [0.05, 0.1) is 0 Å². The van der Waals surface area contributed by atoms with Gasteiger partial charge in [-0.1, -0.05) is 44.2 Å². The van der Waals surface area contributed by atoms with E-state index in [1.54, 1.807) is 31.1 Å². The number of nitrogens with two attached hydrogens (primary N) is 1. The zero-order valence-electron chi connectivity index (χ0n) is 18.9. The molecule has 32 heavy (non-hydrogen) atoms. The van der Waals surface area contributed by atoms with Crippen LogP contribution in [-0.4, -0.2) is 42.8 Å². The molecule has 1 atom stereocenters. The molecule has 3 amide bonds. The first-order valence-electron chi connectivity index (χ1n) is 10.6. The molecule has 0 bridgehead atoms. The topological polar surface area (TPSA) is 92.5 Å². The molecule has 0 aliphatic heterocycles. The van der Waals surface area contributed by atoms with Crippen molar-refractivity contribution in [2.75, 3.05) is 14.1 Å². The molecule has 0 spiro atoms. The molecule has 0 saturated heterocycles. The molecular formula is C26H29N3O3. The molecule has 0 fully saturated rings. The number of fused-ring (bicyclic) bond motifs is 1. The SMILES string of the molecule is CC(C)C[C@@H](NC(=O)c1ccc2cc(-c3ccc(C(=O)N(C)C)cc3)ccc2c1)C(N)=O. The van der Waals surface area contributed by atoms with Crippen LogP contribution in [0.15, 0.2) is 60.7 Å². The van der Waals surface area contributed by atoms with E-state index in [9.17, 15) is 14.4 Å². The van der Waals surface area contributed by atoms with Crippen molar-refractivity contribution in [1.82, 2.24) is 10.2 Å². The van der Waals surface area contributed by atoms with Crippen molar-refractivity contribution in [2.45, 2.75) is 26.3 Å². The molecule has 6 heteroatoms. The van der Waals surface area contributed by atoms with Gasteiger partial charge in [0.25, 0.3) is 11.8 Å². The number of carbonyl (C=O) groups excluding carboxylic acids is 3. The summed E-state index contributed by atoms with van der Waals surface area (Å²) >= 11 is 0. The number of rotatable bonds is 7. The minimum Gasteiger partial charge on any atom is -0.368 e. The lowest BCUT2D eigenvalue weighted by molar-refractivity contribution is -0.120. The number of nitrogens with one attached hydrogen (secondary N) is 1. The lowest BCUT2D eigenvalue weighted by Crippen LogP contribution is -2.45. The van der Waals surface area contributed by atoms with E-state index in [0.717, 1.165) is 21.9 Å². The lowest BCUT2D eigenvalue weighted by Gasteiger charge is -2.17. The van der Waals surface area contributed by atoms with Crippen LogP contribution in [0.5, 0.6) is 0 Å². The normalized spacial score (nSPS) is 11.9. The largest absolute Gasteiger partial charge is 0.368 e. The molecule has 0 saturated carbocycles. The summed E-state index contributed by atoms with van der Waals surface area (Å²) in [5.41, 5.74) is 8.58. The van der Waals surface area contributed by atoms with Crippen LogP contribution in [0.1, 0.15) is 41.0 Å². The molecule has 3 aromatic rings. The van der Waals surface area contributed by atoms with Crippen molar-refractivity contribution < 1.29 is 14.4 Å². The van der Waals surface area contributed by atoms with Gasteiger partial charge >= 0.3 is 0 Å². The maximum absolute atomic E-state index is 12.7. The van der Waals surface area contributed by atoms with E-state index in [1.165, 1.54) is 0 Å². The average molecular weight is 432 g/mol. The molecule has 0 radical (unpaired) electrons. The minimum atomic E-state index is -0.692. The van der Waals surface area contributed by atoms with Crippen LogP contribution in [0, 0.1) is 5.92 Å². The summed E-state index contributed by atoms with van der Waals surface area (Å²) in [7, 11) is 3.46. The molecule has 3 aromatic carbocycles. The van der Waals surface area contributed by atoms with E-state index in [0.29, 0.717) is 17.5 Å². The molecule has 0 aliphatic rings. The Balaban J connectivity index is 1.81. The Morgan fingerprint density at radius 3 is 2.00 bits per heavy atom. The minimum absolute atomic E-state index is 0.0344. The van der Waals surface area contributed by atoms with E-state index in [2.05, 4.69) is 5.32 Å². The second-order valence-electron chi connectivity index (χ2n) is 8.61. The van der Waals surface area contributed by atoms with E-state index in [1.807, 2.05) is 62.4 Å². The summed E-state index contributed by atoms with van der Waals surface area (Å²) < 4.78 is 0. The third-order valence-electron chi connectivity index (χ3n) is 5.33. The summed E-state index contributed by atoms with van der Waals surface area (Å²) in [6, 6.07) is 18.2. The van der Waals surface area contributed by atoms with Crippen molar-refractivity contribution in [3.05, 3.63) is 71.8 Å². The maximum atomic E-state index is 12.7. The van der Waals surface area contributed by atoms with Crippen LogP contribution >= 0.6 is 0 Å². The summed E-state index contributed by atoms with van der Waals surface area (Å²) in [5.74, 6) is -0.650. The fraction of sp³-hybridized carbons (Fsp3) is 0.269. The number of hydrogen-bond acceptors (Lipinski definition) is 3. The molecule has 3 rings (SSSR count). The molecule has 0 aromatic heterocycles. The van der Waals surface area contributed by atoms with Crippen molar-refractivity contribution in [3.8, 4) is 11.1 Å². The quantitative estimate of drug-likeness (QED) is 0.595. The summed E-state index contributed by atoms with van der Waals surface area (Å²) in [4.78, 5) is 37.9. The zero-order chi connectivity index (χ0) is 23.4. The second-order valence-corrected chi connectivity index (χ2v) is 8.61. The first-order valence-corrected chi connectivity index (χ1v) is 10.6. The number of primary amides is 1. The van der Waals surface area contributed by atoms with Gasteiger partial charge in [0.15, 0.2) is 0 Å². The summed E-state index contributed by atoms with van der Waals surface area (Å²) in [6.07, 6.45) is 0.497. The highest BCUT2D eigenvalue weighted by atomic mass is 16.2. The van der Waals surface area contributed by atoms with E-state index < -0.39 is 11.9 Å². The van der Waals surface area contributed by atoms with Crippen LogP contribution in [0.4, 0.5) is 0 Å². The fourth-order valence-electron chi connectivity index (χ4n) is 3.59. The predicted octanol–water partition coefficient (Wildman–Crippen LogP) is 3.84. The Labute approximate surface area is 188 Å². The Hall–Kier alpha value is -3.67. The van der Waals surface area contributed by atoms with Crippen LogP contribution < -0.4 is 11.1 Å². The highest BCUT2D eigenvalue weighted by Gasteiger charge is 2.20. The molecule has 3 N–H and O–H groups in total. The summed E-state index contributed by atoms with van der Waals surface area (Å²) in [6.45, 7) is 3.95. The summed E-state index contributed by atoms with van der Waals surface area (Å²) in [5, 5.41) is 4.65. The van der Waals surface area contributed by atoms with Crippen LogP contribution in [0.25, 0.3) is 21.9 Å².